The maximum absolute atomic E-state index is 13.5. The van der Waals surface area contributed by atoms with Gasteiger partial charge in [-0.05, 0) is 43.4 Å². The second-order valence-corrected chi connectivity index (χ2v) is 9.91. The fourth-order valence-electron chi connectivity index (χ4n) is 3.87. The van der Waals surface area contributed by atoms with Gasteiger partial charge in [-0.15, -0.1) is 0 Å². The maximum atomic E-state index is 13.5. The average molecular weight is 473 g/mol. The Morgan fingerprint density at radius 2 is 2.03 bits per heavy atom. The molecule has 0 spiro atoms. The summed E-state index contributed by atoms with van der Waals surface area (Å²) in [6.45, 7) is 5.69. The van der Waals surface area contributed by atoms with Gasteiger partial charge in [-0.2, -0.15) is 0 Å². The van der Waals surface area contributed by atoms with Gasteiger partial charge in [0.1, 0.15) is 15.8 Å². The molecule has 4 rings (SSSR count). The number of pyridine rings is 1. The first-order valence-electron chi connectivity index (χ1n) is 10.5. The van der Waals surface area contributed by atoms with Crippen molar-refractivity contribution >= 4 is 57.7 Å². The molecule has 168 valence electrons. The van der Waals surface area contributed by atoms with Crippen molar-refractivity contribution in [3.63, 3.8) is 0 Å². The second kappa shape index (κ2) is 9.03. The number of aryl methyl sites for hydroxylation is 1. The second-order valence-electron chi connectivity index (χ2n) is 8.24. The Balaban J connectivity index is 1.80. The van der Waals surface area contributed by atoms with Crippen LogP contribution in [-0.4, -0.2) is 55.2 Å². The Morgan fingerprint density at radius 1 is 1.31 bits per heavy atom. The highest BCUT2D eigenvalue weighted by atomic mass is 32.2. The van der Waals surface area contributed by atoms with Crippen molar-refractivity contribution in [2.75, 3.05) is 24.5 Å². The van der Waals surface area contributed by atoms with E-state index >= 15 is 0 Å². The Hall–Kier alpha value is -2.72. The minimum absolute atomic E-state index is 0.00234. The number of thioether (sulfide) groups is 1. The quantitative estimate of drug-likeness (QED) is 0.524. The van der Waals surface area contributed by atoms with Crippen molar-refractivity contribution in [3.8, 4) is 0 Å². The molecule has 1 N–H and O–H groups in total. The van der Waals surface area contributed by atoms with Crippen molar-refractivity contribution in [2.45, 2.75) is 33.1 Å². The normalized spacial score (nSPS) is 18.9. The number of anilines is 1. The van der Waals surface area contributed by atoms with Crippen LogP contribution in [-0.2, 0) is 9.59 Å². The zero-order chi connectivity index (χ0) is 23.0. The van der Waals surface area contributed by atoms with E-state index in [4.69, 9.17) is 22.3 Å². The number of thiocarbonyl (C=S) groups is 1. The lowest BCUT2D eigenvalue weighted by molar-refractivity contribution is -0.137. The molecule has 0 radical (unpaired) electrons. The number of carbonyl (C=O) groups is 2. The molecule has 8 nitrogen and oxygen atoms in total. The predicted octanol–water partition coefficient (Wildman–Crippen LogP) is 2.92. The summed E-state index contributed by atoms with van der Waals surface area (Å²) < 4.78 is 1.79. The third-order valence-electron chi connectivity index (χ3n) is 5.77. The molecule has 2 saturated heterocycles. The lowest BCUT2D eigenvalue weighted by atomic mass is 9.99. The molecule has 2 aliphatic heterocycles. The van der Waals surface area contributed by atoms with Crippen LogP contribution in [0.25, 0.3) is 11.7 Å². The number of rotatable bonds is 5. The van der Waals surface area contributed by atoms with Crippen molar-refractivity contribution in [1.29, 1.82) is 0 Å². The van der Waals surface area contributed by atoms with Gasteiger partial charge in [0.2, 0.25) is 0 Å². The summed E-state index contributed by atoms with van der Waals surface area (Å²) in [5.41, 5.74) is 1.58. The molecule has 2 aliphatic rings. The Bertz CT molecular complexity index is 1200. The summed E-state index contributed by atoms with van der Waals surface area (Å²) >= 11 is 6.37. The van der Waals surface area contributed by atoms with Crippen LogP contribution in [0.5, 0.6) is 0 Å². The van der Waals surface area contributed by atoms with Gasteiger partial charge in [-0.1, -0.05) is 37.0 Å². The van der Waals surface area contributed by atoms with Crippen molar-refractivity contribution in [2.24, 2.45) is 5.92 Å². The summed E-state index contributed by atoms with van der Waals surface area (Å²) in [6, 6.07) is 3.74. The van der Waals surface area contributed by atoms with Crippen LogP contribution in [0.4, 0.5) is 5.82 Å². The molecule has 0 unspecified atom stereocenters. The number of aromatic nitrogens is 2. The van der Waals surface area contributed by atoms with Gasteiger partial charge in [0, 0.05) is 25.8 Å². The molecule has 0 atom stereocenters. The number of carbonyl (C=O) groups excluding carboxylic acids is 1. The molecule has 1 amide bonds. The number of amides is 1. The molecular formula is C22H24N4O4S2. The number of fused-ring (bicyclic) bond motifs is 1. The highest BCUT2D eigenvalue weighted by Gasteiger charge is 2.33. The lowest BCUT2D eigenvalue weighted by Gasteiger charge is -2.32. The number of hydrogen-bond donors (Lipinski definition) is 1. The van der Waals surface area contributed by atoms with E-state index < -0.39 is 5.97 Å². The molecule has 2 fully saturated rings. The summed E-state index contributed by atoms with van der Waals surface area (Å²) in [6.07, 6.45) is 5.12. The average Bonchev–Trinajstić information content (AvgIpc) is 3.02. The van der Waals surface area contributed by atoms with Crippen LogP contribution in [0.15, 0.2) is 28.0 Å². The van der Waals surface area contributed by atoms with E-state index in [-0.39, 0.29) is 24.4 Å². The Kier molecular flexibility index (Phi) is 6.34. The summed E-state index contributed by atoms with van der Waals surface area (Å²) in [7, 11) is 0. The molecule has 0 bridgehead atoms. The van der Waals surface area contributed by atoms with Gasteiger partial charge >= 0.3 is 5.97 Å². The van der Waals surface area contributed by atoms with Crippen LogP contribution >= 0.6 is 24.0 Å². The zero-order valence-electron chi connectivity index (χ0n) is 17.9. The largest absolute Gasteiger partial charge is 0.481 e. The number of carboxylic acids is 1. The predicted molar refractivity (Wildman–Crippen MR) is 129 cm³/mol. The van der Waals surface area contributed by atoms with Gasteiger partial charge in [0.15, 0.2) is 0 Å². The molecule has 0 saturated carbocycles. The van der Waals surface area contributed by atoms with Gasteiger partial charge < -0.3 is 10.0 Å². The highest BCUT2D eigenvalue weighted by molar-refractivity contribution is 8.26. The number of carboxylic acid groups (broad SMARTS) is 1. The van der Waals surface area contributed by atoms with Gasteiger partial charge in [0.25, 0.3) is 11.5 Å². The van der Waals surface area contributed by atoms with E-state index in [1.807, 2.05) is 19.1 Å². The first kappa shape index (κ1) is 22.5. The monoisotopic (exact) mass is 472 g/mol. The molecule has 2 aromatic rings. The standard InChI is InChI=1S/C22H24N4O4S2/c1-13-5-8-24(9-6-13)19-15(20(29)26-12-14(2)3-4-17(26)23-19)11-16-21(30)25(22(31)32-16)10-7-18(27)28/h3-4,11-13H,5-10H2,1-2H3,(H,27,28). The molecule has 4 heterocycles. The third-order valence-corrected chi connectivity index (χ3v) is 7.14. The summed E-state index contributed by atoms with van der Waals surface area (Å²) in [4.78, 5) is 45.8. The van der Waals surface area contributed by atoms with Crippen LogP contribution in [0.3, 0.4) is 0 Å². The van der Waals surface area contributed by atoms with Crippen LogP contribution in [0.2, 0.25) is 0 Å². The van der Waals surface area contributed by atoms with E-state index in [9.17, 15) is 14.4 Å². The number of piperidine rings is 1. The number of aliphatic carboxylic acids is 1. The topological polar surface area (TPSA) is 95.2 Å². The molecular weight excluding hydrogens is 448 g/mol. The molecule has 0 aromatic carbocycles. The minimum Gasteiger partial charge on any atom is -0.481 e. The smallest absolute Gasteiger partial charge is 0.305 e. The minimum atomic E-state index is -1.00. The Morgan fingerprint density at radius 3 is 2.72 bits per heavy atom. The maximum Gasteiger partial charge on any atom is 0.305 e. The first-order valence-corrected chi connectivity index (χ1v) is 11.7. The summed E-state index contributed by atoms with van der Waals surface area (Å²) in [5.74, 6) is -0.198. The molecule has 10 heteroatoms. The lowest BCUT2D eigenvalue weighted by Crippen LogP contribution is -2.36. The molecule has 2 aromatic heterocycles. The van der Waals surface area contributed by atoms with Gasteiger partial charge in [-0.25, -0.2) is 4.98 Å². The third kappa shape index (κ3) is 4.42. The van der Waals surface area contributed by atoms with Crippen molar-refractivity contribution < 1.29 is 14.7 Å². The zero-order valence-corrected chi connectivity index (χ0v) is 19.5. The van der Waals surface area contributed by atoms with Crippen LogP contribution in [0.1, 0.15) is 37.3 Å². The van der Waals surface area contributed by atoms with E-state index in [1.54, 1.807) is 12.3 Å². The highest BCUT2D eigenvalue weighted by Crippen LogP contribution is 2.34. The van der Waals surface area contributed by atoms with Crippen LogP contribution in [0, 0.1) is 12.8 Å². The van der Waals surface area contributed by atoms with E-state index in [2.05, 4.69) is 11.8 Å². The fraction of sp³-hybridized carbons (Fsp3) is 0.409. The fourth-order valence-corrected chi connectivity index (χ4v) is 5.16. The Labute approximate surface area is 194 Å². The van der Waals surface area contributed by atoms with E-state index in [1.165, 1.54) is 9.30 Å². The first-order chi connectivity index (χ1) is 15.2. The SMILES string of the molecule is Cc1ccc2nc(N3CCC(C)CC3)c(C=C3SC(=S)N(CCC(=O)O)C3=O)c(=O)n2c1. The van der Waals surface area contributed by atoms with E-state index in [0.717, 1.165) is 43.3 Å². The van der Waals surface area contributed by atoms with Crippen molar-refractivity contribution in [3.05, 3.63) is 44.7 Å². The van der Waals surface area contributed by atoms with Gasteiger partial charge in [-0.3, -0.25) is 23.7 Å². The van der Waals surface area contributed by atoms with E-state index in [0.29, 0.717) is 32.2 Å². The van der Waals surface area contributed by atoms with Gasteiger partial charge in [0.05, 0.1) is 16.9 Å². The van der Waals surface area contributed by atoms with Crippen LogP contribution < -0.4 is 10.5 Å². The molecule has 0 aliphatic carbocycles. The molecule has 32 heavy (non-hydrogen) atoms. The number of hydrogen-bond acceptors (Lipinski definition) is 7. The summed E-state index contributed by atoms with van der Waals surface area (Å²) in [5, 5.41) is 8.95. The number of nitrogens with zero attached hydrogens (tertiary/aromatic N) is 4. The van der Waals surface area contributed by atoms with Crippen molar-refractivity contribution in [1.82, 2.24) is 14.3 Å².